The lowest BCUT2D eigenvalue weighted by Crippen LogP contribution is -2.26. The van der Waals surface area contributed by atoms with Crippen molar-refractivity contribution in [2.24, 2.45) is 5.92 Å². The second-order valence-corrected chi connectivity index (χ2v) is 5.40. The Morgan fingerprint density at radius 3 is 2.59 bits per heavy atom. The Hall–Kier alpha value is -2.04. The van der Waals surface area contributed by atoms with Crippen LogP contribution >= 0.6 is 0 Å². The molecule has 5 heteroatoms. The highest BCUT2D eigenvalue weighted by Gasteiger charge is 2.29. The van der Waals surface area contributed by atoms with Gasteiger partial charge in [-0.2, -0.15) is 13.2 Å². The van der Waals surface area contributed by atoms with Gasteiger partial charge in [-0.05, 0) is 42.5 Å². The minimum absolute atomic E-state index is 0.0470. The third kappa shape index (κ3) is 4.23. The van der Waals surface area contributed by atoms with Crippen LogP contribution in [0.3, 0.4) is 0 Å². The van der Waals surface area contributed by atoms with Crippen molar-refractivity contribution in [1.29, 1.82) is 0 Å². The van der Waals surface area contributed by atoms with Crippen molar-refractivity contribution >= 4 is 12.0 Å². The number of carbonyl (C=O) groups is 1. The molecule has 1 atom stereocenters. The van der Waals surface area contributed by atoms with E-state index in [1.165, 1.54) is 18.2 Å². The number of nitrogens with zero attached hydrogens (tertiary/aromatic N) is 1. The number of benzene rings is 1. The van der Waals surface area contributed by atoms with Crippen LogP contribution in [0.4, 0.5) is 13.2 Å². The topological polar surface area (TPSA) is 20.3 Å². The number of carbonyl (C=O) groups excluding carboxylic acids is 1. The molecule has 1 aliphatic heterocycles. The number of hydrogen-bond acceptors (Lipinski definition) is 1. The quantitative estimate of drug-likeness (QED) is 0.765. The number of likely N-dealkylation sites (tertiary alicyclic amines) is 1. The Labute approximate surface area is 127 Å². The summed E-state index contributed by atoms with van der Waals surface area (Å²) in [4.78, 5) is 13.2. The summed E-state index contributed by atoms with van der Waals surface area (Å²) in [5.41, 5.74) is 0.101. The van der Waals surface area contributed by atoms with E-state index in [4.69, 9.17) is 0 Å². The average molecular weight is 309 g/mol. The molecule has 1 fully saturated rings. The molecule has 0 saturated carbocycles. The lowest BCUT2D eigenvalue weighted by atomic mass is 10.0. The molecule has 1 aromatic rings. The fourth-order valence-corrected chi connectivity index (χ4v) is 2.53. The van der Waals surface area contributed by atoms with Gasteiger partial charge >= 0.3 is 6.18 Å². The molecule has 2 nitrogen and oxygen atoms in total. The van der Waals surface area contributed by atoms with Crippen molar-refractivity contribution in [2.75, 3.05) is 13.1 Å². The minimum atomic E-state index is -4.30. The number of alkyl halides is 3. The van der Waals surface area contributed by atoms with Crippen molar-refractivity contribution < 1.29 is 18.0 Å². The highest BCUT2D eigenvalue weighted by Crippen LogP contribution is 2.29. The lowest BCUT2D eigenvalue weighted by molar-refractivity contribution is -0.137. The second kappa shape index (κ2) is 6.81. The highest BCUT2D eigenvalue weighted by atomic mass is 19.4. The van der Waals surface area contributed by atoms with Crippen molar-refractivity contribution in [3.8, 4) is 0 Å². The summed E-state index contributed by atoms with van der Waals surface area (Å²) in [6.45, 7) is 4.92. The molecule has 2 rings (SSSR count). The summed E-state index contributed by atoms with van der Waals surface area (Å²) in [6.07, 6.45) is 2.54. The molecule has 0 aromatic heterocycles. The van der Waals surface area contributed by atoms with Gasteiger partial charge in [0.15, 0.2) is 0 Å². The van der Waals surface area contributed by atoms with Crippen LogP contribution in [0.5, 0.6) is 0 Å². The van der Waals surface area contributed by atoms with Gasteiger partial charge in [0.25, 0.3) is 0 Å². The zero-order valence-corrected chi connectivity index (χ0v) is 12.1. The molecule has 1 saturated heterocycles. The fraction of sp³-hybridized carbons (Fsp3) is 0.353. The first-order valence-corrected chi connectivity index (χ1v) is 7.15. The van der Waals surface area contributed by atoms with Gasteiger partial charge in [-0.3, -0.25) is 4.79 Å². The molecule has 22 heavy (non-hydrogen) atoms. The Morgan fingerprint density at radius 1 is 1.32 bits per heavy atom. The van der Waals surface area contributed by atoms with Gasteiger partial charge in [0.1, 0.15) is 0 Å². The van der Waals surface area contributed by atoms with Gasteiger partial charge in [-0.15, -0.1) is 0 Å². The predicted molar refractivity (Wildman–Crippen MR) is 80.0 cm³/mol. The molecule has 0 radical (unpaired) electrons. The fourth-order valence-electron chi connectivity index (χ4n) is 2.53. The van der Waals surface area contributed by atoms with Crippen LogP contribution in [-0.2, 0) is 11.0 Å². The molecule has 0 aliphatic carbocycles. The maximum Gasteiger partial charge on any atom is 0.416 e. The van der Waals surface area contributed by atoms with Gasteiger partial charge in [0.05, 0.1) is 5.56 Å². The molecule has 0 spiro atoms. The van der Waals surface area contributed by atoms with Crippen LogP contribution < -0.4 is 0 Å². The van der Waals surface area contributed by atoms with Crippen LogP contribution in [0, 0.1) is 5.92 Å². The number of rotatable bonds is 4. The van der Waals surface area contributed by atoms with Crippen molar-refractivity contribution in [1.82, 2.24) is 4.90 Å². The van der Waals surface area contributed by atoms with Crippen LogP contribution in [0.2, 0.25) is 0 Å². The van der Waals surface area contributed by atoms with E-state index in [1.54, 1.807) is 4.90 Å². The SMILES string of the molecule is C=CC(=O)N1CCC(C/C=C/c2ccc(C(F)(F)F)cc2)C1. The molecule has 1 aromatic carbocycles. The van der Waals surface area contributed by atoms with Gasteiger partial charge in [-0.1, -0.05) is 30.9 Å². The van der Waals surface area contributed by atoms with E-state index in [1.807, 2.05) is 12.2 Å². The molecule has 1 amide bonds. The first-order valence-electron chi connectivity index (χ1n) is 7.15. The van der Waals surface area contributed by atoms with Gasteiger partial charge in [0, 0.05) is 13.1 Å². The Balaban J connectivity index is 1.86. The molecular formula is C17H18F3NO. The van der Waals surface area contributed by atoms with Crippen LogP contribution in [0.15, 0.2) is 43.0 Å². The van der Waals surface area contributed by atoms with Crippen molar-refractivity contribution in [2.45, 2.75) is 19.0 Å². The maximum atomic E-state index is 12.4. The smallest absolute Gasteiger partial charge is 0.339 e. The molecule has 0 N–H and O–H groups in total. The Morgan fingerprint density at radius 2 is 2.00 bits per heavy atom. The van der Waals surface area contributed by atoms with Crippen LogP contribution in [0.25, 0.3) is 6.08 Å². The summed E-state index contributed by atoms with van der Waals surface area (Å²) in [5.74, 6) is 0.351. The van der Waals surface area contributed by atoms with E-state index in [-0.39, 0.29) is 5.91 Å². The van der Waals surface area contributed by atoms with E-state index in [0.717, 1.165) is 37.1 Å². The standard InChI is InChI=1S/C17H18F3NO/c1-2-16(22)21-11-10-14(12-21)5-3-4-13-6-8-15(9-7-13)17(18,19)20/h2-4,6-9,14H,1,5,10-12H2/b4-3+. The monoisotopic (exact) mass is 309 g/mol. The third-order valence-corrected chi connectivity index (χ3v) is 3.79. The first-order chi connectivity index (χ1) is 10.4. The van der Waals surface area contributed by atoms with Crippen molar-refractivity contribution in [3.63, 3.8) is 0 Å². The highest BCUT2D eigenvalue weighted by molar-refractivity contribution is 5.87. The van der Waals surface area contributed by atoms with Crippen LogP contribution in [0.1, 0.15) is 24.0 Å². The summed E-state index contributed by atoms with van der Waals surface area (Å²) < 4.78 is 37.3. The molecule has 1 aliphatic rings. The molecular weight excluding hydrogens is 291 g/mol. The lowest BCUT2D eigenvalue weighted by Gasteiger charge is -2.13. The van der Waals surface area contributed by atoms with E-state index >= 15 is 0 Å². The largest absolute Gasteiger partial charge is 0.416 e. The van der Waals surface area contributed by atoms with E-state index in [9.17, 15) is 18.0 Å². The summed E-state index contributed by atoms with van der Waals surface area (Å²) in [7, 11) is 0. The second-order valence-electron chi connectivity index (χ2n) is 5.40. The number of amides is 1. The van der Waals surface area contributed by atoms with Gasteiger partial charge in [-0.25, -0.2) is 0 Å². The molecule has 118 valence electrons. The number of halogens is 3. The minimum Gasteiger partial charge on any atom is -0.339 e. The van der Waals surface area contributed by atoms with E-state index in [2.05, 4.69) is 6.58 Å². The zero-order chi connectivity index (χ0) is 16.2. The maximum absolute atomic E-state index is 12.4. The Kier molecular flexibility index (Phi) is 5.06. The van der Waals surface area contributed by atoms with Crippen molar-refractivity contribution in [3.05, 3.63) is 54.1 Å². The van der Waals surface area contributed by atoms with Gasteiger partial charge in [0.2, 0.25) is 5.91 Å². The zero-order valence-electron chi connectivity index (χ0n) is 12.1. The summed E-state index contributed by atoms with van der Waals surface area (Å²) >= 11 is 0. The normalized spacial score (nSPS) is 18.9. The molecule has 1 heterocycles. The van der Waals surface area contributed by atoms with Gasteiger partial charge < -0.3 is 4.90 Å². The Bertz CT molecular complexity index is 560. The first kappa shape index (κ1) is 16.3. The van der Waals surface area contributed by atoms with E-state index < -0.39 is 11.7 Å². The average Bonchev–Trinajstić information content (AvgIpc) is 2.95. The van der Waals surface area contributed by atoms with Crippen LogP contribution in [-0.4, -0.2) is 23.9 Å². The third-order valence-electron chi connectivity index (χ3n) is 3.79. The molecule has 1 unspecified atom stereocenters. The number of allylic oxidation sites excluding steroid dienone is 1. The molecule has 0 bridgehead atoms. The predicted octanol–water partition coefficient (Wildman–Crippen LogP) is 4.14. The summed E-state index contributed by atoms with van der Waals surface area (Å²) in [6, 6.07) is 5.09. The summed E-state index contributed by atoms with van der Waals surface area (Å²) in [5, 5.41) is 0. The van der Waals surface area contributed by atoms with E-state index in [0.29, 0.717) is 12.5 Å². The number of hydrogen-bond donors (Lipinski definition) is 0.